The Morgan fingerprint density at radius 1 is 1.00 bits per heavy atom. The summed E-state index contributed by atoms with van der Waals surface area (Å²) in [5.74, 6) is -0.0117. The van der Waals surface area contributed by atoms with Gasteiger partial charge in [0.1, 0.15) is 18.5 Å². The number of Topliss-reactive ketones (excluding diaryl/α,β-unsaturated/α-hetero) is 1. The predicted octanol–water partition coefficient (Wildman–Crippen LogP) is 4.50. The Bertz CT molecular complexity index is 1000. The highest BCUT2D eigenvalue weighted by Gasteiger charge is 2.47. The van der Waals surface area contributed by atoms with Crippen LogP contribution in [0.5, 0.6) is 5.75 Å². The topological polar surface area (TPSA) is 82.0 Å². The summed E-state index contributed by atoms with van der Waals surface area (Å²) in [5, 5.41) is 11.2. The minimum Gasteiger partial charge on any atom is -0.488 e. The second-order valence-corrected chi connectivity index (χ2v) is 6.46. The number of carbonyl (C=O) groups is 1. The molecule has 0 saturated carbocycles. The van der Waals surface area contributed by atoms with Crippen molar-refractivity contribution >= 4 is 11.5 Å². The maximum Gasteiger partial charge on any atom is 0.270 e. The summed E-state index contributed by atoms with van der Waals surface area (Å²) >= 11 is 0. The van der Waals surface area contributed by atoms with Crippen molar-refractivity contribution in [1.29, 1.82) is 0 Å². The maximum absolute atomic E-state index is 13.0. The zero-order chi connectivity index (χ0) is 19.5. The van der Waals surface area contributed by atoms with E-state index in [0.29, 0.717) is 5.75 Å². The molecule has 1 aliphatic rings. The van der Waals surface area contributed by atoms with Gasteiger partial charge in [-0.1, -0.05) is 60.7 Å². The first-order chi connectivity index (χ1) is 13.6. The lowest BCUT2D eigenvalue weighted by Gasteiger charge is -2.10. The second kappa shape index (κ2) is 7.62. The first kappa shape index (κ1) is 17.9. The van der Waals surface area contributed by atoms with Gasteiger partial charge >= 0.3 is 0 Å². The maximum atomic E-state index is 13.0. The van der Waals surface area contributed by atoms with Crippen molar-refractivity contribution in [2.24, 2.45) is 0 Å². The van der Waals surface area contributed by atoms with E-state index in [0.717, 1.165) is 11.1 Å². The number of ether oxygens (including phenoxy) is 2. The van der Waals surface area contributed by atoms with Crippen LogP contribution in [-0.4, -0.2) is 16.8 Å². The minimum atomic E-state index is -0.663. The molecule has 1 saturated heterocycles. The molecule has 4 rings (SSSR count). The van der Waals surface area contributed by atoms with E-state index in [1.807, 2.05) is 60.7 Å². The van der Waals surface area contributed by atoms with E-state index in [4.69, 9.17) is 9.47 Å². The predicted molar refractivity (Wildman–Crippen MR) is 102 cm³/mol. The number of rotatable bonds is 7. The van der Waals surface area contributed by atoms with Crippen LogP contribution in [0.3, 0.4) is 0 Å². The van der Waals surface area contributed by atoms with Gasteiger partial charge in [0.05, 0.1) is 10.5 Å². The van der Waals surface area contributed by atoms with E-state index < -0.39 is 11.0 Å². The van der Waals surface area contributed by atoms with Crippen molar-refractivity contribution < 1.29 is 19.2 Å². The molecule has 140 valence electrons. The van der Waals surface area contributed by atoms with Crippen molar-refractivity contribution in [2.75, 3.05) is 0 Å². The van der Waals surface area contributed by atoms with Crippen LogP contribution in [0.25, 0.3) is 0 Å². The number of hydrogen-bond donors (Lipinski definition) is 0. The summed E-state index contributed by atoms with van der Waals surface area (Å²) in [5.41, 5.74) is 1.84. The summed E-state index contributed by atoms with van der Waals surface area (Å²) in [7, 11) is 0. The van der Waals surface area contributed by atoms with Crippen molar-refractivity contribution in [3.05, 3.63) is 106 Å². The summed E-state index contributed by atoms with van der Waals surface area (Å²) < 4.78 is 11.4. The van der Waals surface area contributed by atoms with Crippen molar-refractivity contribution in [3.8, 4) is 5.75 Å². The lowest BCUT2D eigenvalue weighted by atomic mass is 10.0. The molecule has 0 aromatic heterocycles. The molecule has 6 heteroatoms. The molecule has 6 nitrogen and oxygen atoms in total. The van der Waals surface area contributed by atoms with Crippen LogP contribution in [-0.2, 0) is 11.3 Å². The van der Waals surface area contributed by atoms with E-state index in [9.17, 15) is 14.9 Å². The van der Waals surface area contributed by atoms with Gasteiger partial charge in [-0.05, 0) is 17.2 Å². The number of ketones is 1. The van der Waals surface area contributed by atoms with Crippen LogP contribution in [0.4, 0.5) is 5.69 Å². The fraction of sp³-hybridized carbons (Fsp3) is 0.136. The van der Waals surface area contributed by atoms with Crippen LogP contribution in [0.15, 0.2) is 78.9 Å². The van der Waals surface area contributed by atoms with Crippen molar-refractivity contribution in [3.63, 3.8) is 0 Å². The van der Waals surface area contributed by atoms with Crippen LogP contribution < -0.4 is 4.74 Å². The van der Waals surface area contributed by atoms with E-state index in [1.165, 1.54) is 18.2 Å². The van der Waals surface area contributed by atoms with Gasteiger partial charge in [-0.2, -0.15) is 0 Å². The van der Waals surface area contributed by atoms with E-state index in [-0.39, 0.29) is 29.7 Å². The molecule has 3 aromatic carbocycles. The summed E-state index contributed by atoms with van der Waals surface area (Å²) in [6.07, 6.45) is -1.00. The fourth-order valence-corrected chi connectivity index (χ4v) is 3.05. The number of non-ortho nitro benzene ring substituents is 1. The highest BCUT2D eigenvalue weighted by molar-refractivity contribution is 6.04. The first-order valence-corrected chi connectivity index (χ1v) is 8.83. The molecule has 1 aliphatic heterocycles. The SMILES string of the molecule is O=C(c1cc([N+](=O)[O-])ccc1OCc1ccccc1)[C@@H]1O[C@@H]1c1ccccc1. The quantitative estimate of drug-likeness (QED) is 0.263. The number of nitrogens with zero attached hydrogens (tertiary/aromatic N) is 1. The van der Waals surface area contributed by atoms with Gasteiger partial charge in [-0.3, -0.25) is 14.9 Å². The normalized spacial score (nSPS) is 17.7. The molecule has 0 bridgehead atoms. The molecule has 0 amide bonds. The molecule has 0 N–H and O–H groups in total. The zero-order valence-electron chi connectivity index (χ0n) is 14.9. The largest absolute Gasteiger partial charge is 0.488 e. The second-order valence-electron chi connectivity index (χ2n) is 6.46. The van der Waals surface area contributed by atoms with Crippen LogP contribution in [0.2, 0.25) is 0 Å². The summed E-state index contributed by atoms with van der Waals surface area (Å²) in [4.78, 5) is 23.6. The molecule has 0 radical (unpaired) electrons. The van der Waals surface area contributed by atoms with Gasteiger partial charge in [0.25, 0.3) is 5.69 Å². The van der Waals surface area contributed by atoms with Gasteiger partial charge in [0, 0.05) is 12.1 Å². The third-order valence-electron chi connectivity index (χ3n) is 4.55. The van der Waals surface area contributed by atoms with Gasteiger partial charge in [-0.15, -0.1) is 0 Å². The number of hydrogen-bond acceptors (Lipinski definition) is 5. The van der Waals surface area contributed by atoms with E-state index in [1.54, 1.807) is 0 Å². The fourth-order valence-electron chi connectivity index (χ4n) is 3.05. The highest BCUT2D eigenvalue weighted by atomic mass is 16.6. The van der Waals surface area contributed by atoms with Gasteiger partial charge < -0.3 is 9.47 Å². The van der Waals surface area contributed by atoms with Crippen LogP contribution >= 0.6 is 0 Å². The molecular weight excluding hydrogens is 358 g/mol. The van der Waals surface area contributed by atoms with Crippen molar-refractivity contribution in [1.82, 2.24) is 0 Å². The molecule has 2 atom stereocenters. The highest BCUT2D eigenvalue weighted by Crippen LogP contribution is 2.42. The zero-order valence-corrected chi connectivity index (χ0v) is 14.9. The van der Waals surface area contributed by atoms with E-state index in [2.05, 4.69) is 0 Å². The third kappa shape index (κ3) is 3.77. The minimum absolute atomic E-state index is 0.160. The average Bonchev–Trinajstić information content (AvgIpc) is 3.54. The lowest BCUT2D eigenvalue weighted by Crippen LogP contribution is -2.11. The number of epoxide rings is 1. The molecule has 0 unspecified atom stereocenters. The van der Waals surface area contributed by atoms with Crippen LogP contribution in [0, 0.1) is 10.1 Å². The van der Waals surface area contributed by atoms with Crippen LogP contribution in [0.1, 0.15) is 27.6 Å². The first-order valence-electron chi connectivity index (χ1n) is 8.83. The van der Waals surface area contributed by atoms with E-state index >= 15 is 0 Å². The number of nitro benzene ring substituents is 1. The standard InChI is InChI=1S/C22H17NO5/c24-20(22-21(28-22)16-9-5-2-6-10-16)18-13-17(23(25)26)11-12-19(18)27-14-15-7-3-1-4-8-15/h1-13,21-22H,14H2/t21-,22+/m1/s1. The Labute approximate surface area is 161 Å². The Morgan fingerprint density at radius 3 is 2.36 bits per heavy atom. The Morgan fingerprint density at radius 2 is 1.68 bits per heavy atom. The van der Waals surface area contributed by atoms with Gasteiger partial charge in [0.15, 0.2) is 11.9 Å². The summed E-state index contributed by atoms with van der Waals surface area (Å²) in [6, 6.07) is 23.0. The van der Waals surface area contributed by atoms with Gasteiger partial charge in [-0.25, -0.2) is 0 Å². The number of nitro groups is 1. The molecule has 28 heavy (non-hydrogen) atoms. The number of carbonyl (C=O) groups excluding carboxylic acids is 1. The molecule has 3 aromatic rings. The molecule has 1 fully saturated rings. The van der Waals surface area contributed by atoms with Crippen molar-refractivity contribution in [2.45, 2.75) is 18.8 Å². The summed E-state index contributed by atoms with van der Waals surface area (Å²) in [6.45, 7) is 0.257. The Hall–Kier alpha value is -3.51. The molecule has 1 heterocycles. The third-order valence-corrected chi connectivity index (χ3v) is 4.55. The molecular formula is C22H17NO5. The van der Waals surface area contributed by atoms with Gasteiger partial charge in [0.2, 0.25) is 0 Å². The molecule has 0 aliphatic carbocycles. The lowest BCUT2D eigenvalue weighted by molar-refractivity contribution is -0.384. The average molecular weight is 375 g/mol. The smallest absolute Gasteiger partial charge is 0.270 e. The Kier molecular flexibility index (Phi) is 4.87. The Balaban J connectivity index is 1.58. The number of benzene rings is 3. The monoisotopic (exact) mass is 375 g/mol. The molecule has 0 spiro atoms.